The van der Waals surface area contributed by atoms with E-state index >= 15 is 0 Å². The fraction of sp³-hybridized carbons (Fsp3) is 0.435. The predicted molar refractivity (Wildman–Crippen MR) is 141 cm³/mol. The molecular weight excluding hydrogens is 551 g/mol. The molecule has 0 spiro atoms. The molecule has 0 saturated heterocycles. The Morgan fingerprint density at radius 3 is 2.61 bits per heavy atom. The Balaban J connectivity index is 1.86. The molecule has 0 saturated carbocycles. The van der Waals surface area contributed by atoms with Gasteiger partial charge in [-0.05, 0) is 61.5 Å². The highest BCUT2D eigenvalue weighted by atomic mass is 127. The van der Waals surface area contributed by atoms with Crippen molar-refractivity contribution in [1.29, 1.82) is 0 Å². The maximum atomic E-state index is 11.9. The first kappa shape index (κ1) is 25.4. The van der Waals surface area contributed by atoms with Crippen LogP contribution in [0.1, 0.15) is 20.8 Å². The molecule has 0 aliphatic heterocycles. The summed E-state index contributed by atoms with van der Waals surface area (Å²) in [6.45, 7) is 13.7. The Labute approximate surface area is 209 Å². The minimum Gasteiger partial charge on any atom is -0.465 e. The Morgan fingerprint density at radius 1 is 1.24 bits per heavy atom. The minimum absolute atomic E-state index is 0.412. The number of fused-ring (bicyclic) bond motifs is 1. The SMILES string of the molecule is CC(C)(C)N(C(=O)O)c1cccc(Oc2ncnc3c2c(I)cn3COCC[Si](C)(C)C)c1. The molecule has 10 heteroatoms. The standard InChI is InChI=1S/C23H31IN4O4Si/c1-23(2,3)28(22(29)30)16-8-7-9-17(12-16)32-21-19-18(24)13-27(20(19)25-14-26-21)15-31-10-11-33(4,5)6/h7-9,12-14H,10-11,15H2,1-6H3,(H,29,30). The van der Waals surface area contributed by atoms with Gasteiger partial charge in [-0.25, -0.2) is 14.8 Å². The van der Waals surface area contributed by atoms with Gasteiger partial charge in [0.1, 0.15) is 24.5 Å². The zero-order chi connectivity index (χ0) is 24.4. The van der Waals surface area contributed by atoms with E-state index in [1.807, 2.05) is 31.5 Å². The van der Waals surface area contributed by atoms with Gasteiger partial charge >= 0.3 is 6.09 Å². The lowest BCUT2D eigenvalue weighted by Crippen LogP contribution is -2.45. The maximum Gasteiger partial charge on any atom is 0.412 e. The lowest BCUT2D eigenvalue weighted by atomic mass is 10.1. The molecule has 2 heterocycles. The number of nitrogens with zero attached hydrogens (tertiary/aromatic N) is 4. The third kappa shape index (κ3) is 6.45. The van der Waals surface area contributed by atoms with Crippen LogP contribution in [0, 0.1) is 3.57 Å². The Bertz CT molecular complexity index is 1140. The van der Waals surface area contributed by atoms with Gasteiger partial charge in [0.05, 0.1) is 11.1 Å². The fourth-order valence-corrected chi connectivity index (χ4v) is 4.91. The van der Waals surface area contributed by atoms with Crippen LogP contribution in [0.4, 0.5) is 10.5 Å². The van der Waals surface area contributed by atoms with Crippen molar-refractivity contribution in [3.05, 3.63) is 40.4 Å². The highest BCUT2D eigenvalue weighted by molar-refractivity contribution is 14.1. The zero-order valence-electron chi connectivity index (χ0n) is 19.9. The summed E-state index contributed by atoms with van der Waals surface area (Å²) in [7, 11) is -1.15. The van der Waals surface area contributed by atoms with Crippen molar-refractivity contribution in [3.8, 4) is 11.6 Å². The molecule has 0 aliphatic carbocycles. The van der Waals surface area contributed by atoms with E-state index in [0.29, 0.717) is 24.0 Å². The molecule has 1 aromatic carbocycles. The zero-order valence-corrected chi connectivity index (χ0v) is 23.1. The molecule has 1 N–H and O–H groups in total. The molecule has 0 fully saturated rings. The van der Waals surface area contributed by atoms with Gasteiger partial charge in [-0.15, -0.1) is 0 Å². The highest BCUT2D eigenvalue weighted by Gasteiger charge is 2.28. The summed E-state index contributed by atoms with van der Waals surface area (Å²) >= 11 is 2.24. The molecule has 3 rings (SSSR count). The van der Waals surface area contributed by atoms with Crippen molar-refractivity contribution in [1.82, 2.24) is 14.5 Å². The average Bonchev–Trinajstić information content (AvgIpc) is 3.00. The molecule has 178 valence electrons. The third-order valence-corrected chi connectivity index (χ3v) is 7.47. The number of amides is 1. The lowest BCUT2D eigenvalue weighted by Gasteiger charge is -2.33. The van der Waals surface area contributed by atoms with Crippen molar-refractivity contribution in [2.45, 2.75) is 58.7 Å². The third-order valence-electron chi connectivity index (χ3n) is 4.95. The molecule has 8 nitrogen and oxygen atoms in total. The molecule has 0 bridgehead atoms. The van der Waals surface area contributed by atoms with Gasteiger partial charge in [0.15, 0.2) is 0 Å². The number of aromatic nitrogens is 3. The molecule has 0 radical (unpaired) electrons. The second-order valence-electron chi connectivity index (χ2n) is 10.1. The first-order chi connectivity index (χ1) is 15.4. The average molecular weight is 583 g/mol. The summed E-state index contributed by atoms with van der Waals surface area (Å²) in [6.07, 6.45) is 2.42. The number of carboxylic acid groups (broad SMARTS) is 1. The fourth-order valence-electron chi connectivity index (χ4n) is 3.35. The maximum absolute atomic E-state index is 11.9. The van der Waals surface area contributed by atoms with E-state index in [0.717, 1.165) is 27.3 Å². The topological polar surface area (TPSA) is 89.7 Å². The van der Waals surface area contributed by atoms with Crippen LogP contribution in [0.5, 0.6) is 11.6 Å². The number of halogens is 1. The van der Waals surface area contributed by atoms with Gasteiger partial charge in [-0.1, -0.05) is 25.7 Å². The van der Waals surface area contributed by atoms with Gasteiger partial charge in [0, 0.05) is 36.1 Å². The van der Waals surface area contributed by atoms with E-state index in [2.05, 4.69) is 52.2 Å². The van der Waals surface area contributed by atoms with Crippen LogP contribution in [-0.2, 0) is 11.5 Å². The summed E-state index contributed by atoms with van der Waals surface area (Å²) in [5.74, 6) is 0.915. The van der Waals surface area contributed by atoms with Gasteiger partial charge in [0.2, 0.25) is 5.88 Å². The number of rotatable bonds is 8. The highest BCUT2D eigenvalue weighted by Crippen LogP contribution is 2.34. The van der Waals surface area contributed by atoms with Crippen LogP contribution < -0.4 is 9.64 Å². The normalized spacial score (nSPS) is 12.2. The van der Waals surface area contributed by atoms with Crippen LogP contribution in [0.2, 0.25) is 25.7 Å². The van der Waals surface area contributed by atoms with Crippen LogP contribution >= 0.6 is 22.6 Å². The van der Waals surface area contributed by atoms with E-state index < -0.39 is 19.7 Å². The second kappa shape index (κ2) is 9.98. The molecule has 33 heavy (non-hydrogen) atoms. The largest absolute Gasteiger partial charge is 0.465 e. The first-order valence-corrected chi connectivity index (χ1v) is 15.5. The van der Waals surface area contributed by atoms with Crippen molar-refractivity contribution < 1.29 is 19.4 Å². The summed E-state index contributed by atoms with van der Waals surface area (Å²) < 4.78 is 14.9. The van der Waals surface area contributed by atoms with Crippen LogP contribution in [0.15, 0.2) is 36.8 Å². The van der Waals surface area contributed by atoms with E-state index in [1.54, 1.807) is 24.3 Å². The second-order valence-corrected chi connectivity index (χ2v) is 16.8. The van der Waals surface area contributed by atoms with Gasteiger partial charge in [0.25, 0.3) is 0 Å². The van der Waals surface area contributed by atoms with E-state index in [1.165, 1.54) is 11.2 Å². The molecule has 1 amide bonds. The molecule has 2 aromatic heterocycles. The molecular formula is C23H31IN4O4Si. The van der Waals surface area contributed by atoms with Crippen LogP contribution in [0.25, 0.3) is 11.0 Å². The van der Waals surface area contributed by atoms with Crippen molar-refractivity contribution in [2.75, 3.05) is 11.5 Å². The van der Waals surface area contributed by atoms with Crippen LogP contribution in [-0.4, -0.2) is 46.0 Å². The van der Waals surface area contributed by atoms with Crippen molar-refractivity contribution >= 4 is 53.5 Å². The van der Waals surface area contributed by atoms with Gasteiger partial charge < -0.3 is 19.1 Å². The number of ether oxygens (including phenoxy) is 2. The van der Waals surface area contributed by atoms with E-state index in [9.17, 15) is 9.90 Å². The molecule has 0 aliphatic rings. The van der Waals surface area contributed by atoms with E-state index in [-0.39, 0.29) is 0 Å². The quantitative estimate of drug-likeness (QED) is 0.187. The van der Waals surface area contributed by atoms with Crippen molar-refractivity contribution in [2.24, 2.45) is 0 Å². The van der Waals surface area contributed by atoms with E-state index in [4.69, 9.17) is 9.47 Å². The summed E-state index contributed by atoms with van der Waals surface area (Å²) in [5, 5.41) is 10.5. The predicted octanol–water partition coefficient (Wildman–Crippen LogP) is 6.42. The number of benzene rings is 1. The number of hydrogen-bond acceptors (Lipinski definition) is 5. The molecule has 0 unspecified atom stereocenters. The molecule has 0 atom stereocenters. The number of carbonyl (C=O) groups is 1. The Morgan fingerprint density at radius 2 is 1.97 bits per heavy atom. The Hall–Kier alpha value is -2.18. The monoisotopic (exact) mass is 582 g/mol. The van der Waals surface area contributed by atoms with Gasteiger partial charge in [-0.2, -0.15) is 0 Å². The summed E-state index contributed by atoms with van der Waals surface area (Å²) in [5.41, 5.74) is 0.658. The summed E-state index contributed by atoms with van der Waals surface area (Å²) in [4.78, 5) is 22.0. The number of anilines is 1. The number of hydrogen-bond donors (Lipinski definition) is 1. The lowest BCUT2D eigenvalue weighted by molar-refractivity contribution is 0.0898. The summed E-state index contributed by atoms with van der Waals surface area (Å²) in [6, 6.07) is 8.11. The minimum atomic E-state index is -1.15. The smallest absolute Gasteiger partial charge is 0.412 e. The van der Waals surface area contributed by atoms with Gasteiger partial charge in [-0.3, -0.25) is 4.90 Å². The van der Waals surface area contributed by atoms with Crippen LogP contribution in [0.3, 0.4) is 0 Å². The first-order valence-electron chi connectivity index (χ1n) is 10.7. The Kier molecular flexibility index (Phi) is 7.69. The van der Waals surface area contributed by atoms with Crippen molar-refractivity contribution in [3.63, 3.8) is 0 Å². The molecule has 3 aromatic rings.